The van der Waals surface area contributed by atoms with Crippen LogP contribution in [0.4, 0.5) is 0 Å². The Kier molecular flexibility index (Phi) is 15.6. The van der Waals surface area contributed by atoms with Crippen molar-refractivity contribution < 1.29 is 14.7 Å². The van der Waals surface area contributed by atoms with Crippen LogP contribution in [0.25, 0.3) is 0 Å². The van der Waals surface area contributed by atoms with Crippen LogP contribution in [-0.4, -0.2) is 27.0 Å². The van der Waals surface area contributed by atoms with Crippen molar-refractivity contribution in [3.05, 3.63) is 34.9 Å². The van der Waals surface area contributed by atoms with E-state index in [1.165, 1.54) is 75.3 Å². The molecule has 0 aliphatic carbocycles. The van der Waals surface area contributed by atoms with Crippen LogP contribution in [0.15, 0.2) is 18.2 Å². The van der Waals surface area contributed by atoms with E-state index in [0.29, 0.717) is 0 Å². The van der Waals surface area contributed by atoms with Crippen molar-refractivity contribution in [2.24, 2.45) is 0 Å². The molecule has 0 aliphatic rings. The zero-order valence-corrected chi connectivity index (χ0v) is 27.4. The molecule has 0 spiro atoms. The fourth-order valence-electron chi connectivity index (χ4n) is 5.74. The zero-order valence-electron chi connectivity index (χ0n) is 26.5. The first-order valence-electron chi connectivity index (χ1n) is 16.0. The molecule has 0 fully saturated rings. The van der Waals surface area contributed by atoms with E-state index in [2.05, 4.69) is 66.7 Å². The molecule has 0 bridgehead atoms. The van der Waals surface area contributed by atoms with Gasteiger partial charge >= 0.3 is 167 Å². The Hall–Kier alpha value is -0.470. The summed E-state index contributed by atoms with van der Waals surface area (Å²) in [6.45, 7) is 16.2. The molecule has 0 saturated carbocycles. The molecule has 0 aromatic heterocycles. The molecule has 1 rings (SSSR count). The summed E-state index contributed by atoms with van der Waals surface area (Å²) in [5.41, 5.74) is 4.90. The first-order valence-corrected chi connectivity index (χ1v) is 18.5. The molecular formula is C34H65O3P. The van der Waals surface area contributed by atoms with Gasteiger partial charge in [-0.1, -0.05) is 59.7 Å². The first-order chi connectivity index (χ1) is 17.6. The van der Waals surface area contributed by atoms with Crippen molar-refractivity contribution in [2.75, 3.05) is 12.3 Å². The predicted octanol–water partition coefficient (Wildman–Crippen LogP) is 10.4. The minimum absolute atomic E-state index is 0.168. The summed E-state index contributed by atoms with van der Waals surface area (Å²) in [7, 11) is -4.41. The maximum atomic E-state index is 10.4. The van der Waals surface area contributed by atoms with Crippen LogP contribution in [0, 0.1) is 0 Å². The Morgan fingerprint density at radius 1 is 0.526 bits per heavy atom. The second-order valence-corrected chi connectivity index (χ2v) is 17.7. The van der Waals surface area contributed by atoms with Crippen LogP contribution in [0.3, 0.4) is 0 Å². The summed E-state index contributed by atoms with van der Waals surface area (Å²) in [6.07, 6.45) is 19.8. The topological polar surface area (TPSA) is 60.7 Å². The second-order valence-electron chi connectivity index (χ2n) is 14.2. The average molecular weight is 553 g/mol. The molecule has 0 atom stereocenters. The third kappa shape index (κ3) is 15.4. The van der Waals surface area contributed by atoms with E-state index in [1.54, 1.807) is 5.56 Å². The van der Waals surface area contributed by atoms with E-state index in [9.17, 15) is 14.7 Å². The molecule has 1 aromatic rings. The number of unbranched alkanes of at least 4 members (excludes halogenated alkanes) is 14. The molecule has 1 aromatic carbocycles. The Labute approximate surface area is 237 Å². The van der Waals surface area contributed by atoms with Gasteiger partial charge in [0.15, 0.2) is 0 Å². The summed E-state index contributed by atoms with van der Waals surface area (Å²) in [6, 6.07) is 6.89. The van der Waals surface area contributed by atoms with Crippen molar-refractivity contribution in [2.45, 2.75) is 168 Å². The molecule has 38 heavy (non-hydrogen) atoms. The summed E-state index contributed by atoms with van der Waals surface area (Å²) in [5.74, 6) is 0. The maximum absolute atomic E-state index is 10.4. The molecule has 224 valence electrons. The molecule has 0 unspecified atom stereocenters. The number of rotatable bonds is 20. The Morgan fingerprint density at radius 3 is 1.24 bits per heavy atom. The monoisotopic (exact) mass is 552 g/mol. The van der Waals surface area contributed by atoms with Crippen LogP contribution in [0.2, 0.25) is 0 Å². The standard InChI is InChI=1S/C34H65O3P/c1-8-9-10-11-12-16-19-22-28-38(35,36,37)29-23-20-17-14-13-15-18-21-25-30-31(33(2,3)4)26-24-27-32(30)34(5,6)7/h24,26-27,35-37H,8-23,25,28-29H2,1-7H3. The van der Waals surface area contributed by atoms with Crippen molar-refractivity contribution in [3.8, 4) is 0 Å². The van der Waals surface area contributed by atoms with E-state index in [1.807, 2.05) is 0 Å². The molecule has 3 nitrogen and oxygen atoms in total. The fourth-order valence-corrected chi connectivity index (χ4v) is 7.71. The number of benzene rings is 1. The van der Waals surface area contributed by atoms with Crippen LogP contribution in [0.1, 0.15) is 168 Å². The molecular weight excluding hydrogens is 487 g/mol. The molecule has 0 aliphatic heterocycles. The zero-order chi connectivity index (χ0) is 28.7. The summed E-state index contributed by atoms with van der Waals surface area (Å²) >= 11 is 0. The Balaban J connectivity index is 2.23. The van der Waals surface area contributed by atoms with Gasteiger partial charge in [-0.25, -0.2) is 0 Å². The normalized spacial score (nSPS) is 14.0. The fraction of sp³-hybridized carbons (Fsp3) is 0.824. The van der Waals surface area contributed by atoms with Gasteiger partial charge in [0.25, 0.3) is 0 Å². The van der Waals surface area contributed by atoms with Gasteiger partial charge in [-0.05, 0) is 10.8 Å². The quantitative estimate of drug-likeness (QED) is 0.111. The molecule has 3 N–H and O–H groups in total. The van der Waals surface area contributed by atoms with E-state index < -0.39 is 7.28 Å². The molecule has 0 heterocycles. The SMILES string of the molecule is CCCCCCCCCCP(O)(O)(O)CCCCCCCCCCc1c(C(C)(C)C)cccc1C(C)(C)C. The van der Waals surface area contributed by atoms with E-state index >= 15 is 0 Å². The van der Waals surface area contributed by atoms with Crippen molar-refractivity contribution in [1.29, 1.82) is 0 Å². The van der Waals surface area contributed by atoms with E-state index in [4.69, 9.17) is 0 Å². The number of hydrogen-bond acceptors (Lipinski definition) is 3. The van der Waals surface area contributed by atoms with Crippen LogP contribution in [0.5, 0.6) is 0 Å². The second kappa shape index (κ2) is 16.7. The van der Waals surface area contributed by atoms with E-state index in [-0.39, 0.29) is 23.2 Å². The van der Waals surface area contributed by atoms with Crippen LogP contribution < -0.4 is 0 Å². The van der Waals surface area contributed by atoms with Crippen LogP contribution in [-0.2, 0) is 17.3 Å². The predicted molar refractivity (Wildman–Crippen MR) is 170 cm³/mol. The van der Waals surface area contributed by atoms with Crippen LogP contribution >= 0.6 is 7.28 Å². The molecule has 0 amide bonds. The van der Waals surface area contributed by atoms with Gasteiger partial charge in [0.2, 0.25) is 0 Å². The van der Waals surface area contributed by atoms with Gasteiger partial charge < -0.3 is 0 Å². The molecule has 4 heteroatoms. The summed E-state index contributed by atoms with van der Waals surface area (Å²) in [4.78, 5) is 31.3. The van der Waals surface area contributed by atoms with Gasteiger partial charge in [-0.3, -0.25) is 0 Å². The third-order valence-electron chi connectivity index (χ3n) is 8.05. The smallest absolute Gasteiger partial charge is 0.0617 e. The van der Waals surface area contributed by atoms with Gasteiger partial charge in [-0.2, -0.15) is 0 Å². The minimum atomic E-state index is -4.41. The van der Waals surface area contributed by atoms with Gasteiger partial charge in [0, 0.05) is 0 Å². The van der Waals surface area contributed by atoms with Crippen molar-refractivity contribution in [1.82, 2.24) is 0 Å². The molecule has 0 saturated heterocycles. The molecule has 0 radical (unpaired) electrons. The first kappa shape index (κ1) is 35.6. The third-order valence-corrected chi connectivity index (χ3v) is 10.5. The van der Waals surface area contributed by atoms with Gasteiger partial charge in [-0.15, -0.1) is 0 Å². The van der Waals surface area contributed by atoms with Crippen molar-refractivity contribution in [3.63, 3.8) is 0 Å². The van der Waals surface area contributed by atoms with Gasteiger partial charge in [0.1, 0.15) is 0 Å². The summed E-state index contributed by atoms with van der Waals surface area (Å²) in [5, 5.41) is 0. The Morgan fingerprint density at radius 2 is 0.868 bits per heavy atom. The number of hydrogen-bond donors (Lipinski definition) is 3. The average Bonchev–Trinajstić information content (AvgIpc) is 2.80. The van der Waals surface area contributed by atoms with Gasteiger partial charge in [0.05, 0.1) is 0 Å². The summed E-state index contributed by atoms with van der Waals surface area (Å²) < 4.78 is 0. The van der Waals surface area contributed by atoms with E-state index in [0.717, 1.165) is 44.9 Å². The van der Waals surface area contributed by atoms with Crippen molar-refractivity contribution >= 4 is 7.28 Å². The Bertz CT molecular complexity index is 732. The minimum Gasteiger partial charge on any atom is -0.0617 e.